The minimum Gasteiger partial charge on any atom is -0.497 e. The van der Waals surface area contributed by atoms with Gasteiger partial charge in [0, 0.05) is 12.6 Å². The smallest absolute Gasteiger partial charge is 0.241 e. The summed E-state index contributed by atoms with van der Waals surface area (Å²) in [7, 11) is -2.36. The molecule has 0 atom stereocenters. The Balaban J connectivity index is 2.10. The Morgan fingerprint density at radius 1 is 1.15 bits per heavy atom. The van der Waals surface area contributed by atoms with Crippen LogP contribution in [0, 0.1) is 11.6 Å². The maximum Gasteiger partial charge on any atom is 0.241 e. The fraction of sp³-hybridized carbons (Fsp3) is 0.235. The SMILES string of the molecule is COc1cccc(CNC(=O)CN(c2ccc(F)c(F)c2)S(C)(=O)=O)c1. The van der Waals surface area contributed by atoms with Crippen molar-refractivity contribution in [2.45, 2.75) is 6.54 Å². The zero-order valence-electron chi connectivity index (χ0n) is 14.2. The average molecular weight is 384 g/mol. The molecular formula is C17H18F2N2O4S. The highest BCUT2D eigenvalue weighted by Gasteiger charge is 2.22. The van der Waals surface area contributed by atoms with Gasteiger partial charge in [-0.1, -0.05) is 12.1 Å². The van der Waals surface area contributed by atoms with Crippen molar-refractivity contribution < 1.29 is 26.7 Å². The first kappa shape index (κ1) is 19.6. The van der Waals surface area contributed by atoms with E-state index >= 15 is 0 Å². The van der Waals surface area contributed by atoms with Crippen LogP contribution in [-0.4, -0.2) is 34.2 Å². The zero-order chi connectivity index (χ0) is 19.3. The molecule has 0 saturated carbocycles. The molecule has 0 fully saturated rings. The molecule has 0 bridgehead atoms. The van der Waals surface area contributed by atoms with Crippen LogP contribution in [0.2, 0.25) is 0 Å². The quantitative estimate of drug-likeness (QED) is 0.793. The Hall–Kier alpha value is -2.68. The lowest BCUT2D eigenvalue weighted by Gasteiger charge is -2.22. The van der Waals surface area contributed by atoms with Crippen molar-refractivity contribution in [2.24, 2.45) is 0 Å². The number of rotatable bonds is 7. The Morgan fingerprint density at radius 2 is 1.88 bits per heavy atom. The third-order valence-corrected chi connectivity index (χ3v) is 4.64. The van der Waals surface area contributed by atoms with E-state index in [1.165, 1.54) is 7.11 Å². The monoisotopic (exact) mass is 384 g/mol. The van der Waals surface area contributed by atoms with E-state index < -0.39 is 34.1 Å². The molecule has 0 aliphatic rings. The number of carbonyl (C=O) groups excluding carboxylic acids is 1. The highest BCUT2D eigenvalue weighted by atomic mass is 32.2. The molecule has 0 unspecified atom stereocenters. The van der Waals surface area contributed by atoms with Crippen molar-refractivity contribution in [1.82, 2.24) is 5.32 Å². The molecule has 0 aliphatic heterocycles. The number of methoxy groups -OCH3 is 1. The van der Waals surface area contributed by atoms with Crippen LogP contribution in [0.15, 0.2) is 42.5 Å². The fourth-order valence-corrected chi connectivity index (χ4v) is 3.06. The lowest BCUT2D eigenvalue weighted by Crippen LogP contribution is -2.40. The van der Waals surface area contributed by atoms with Crippen LogP contribution in [0.5, 0.6) is 5.75 Å². The van der Waals surface area contributed by atoms with Gasteiger partial charge in [-0.2, -0.15) is 0 Å². The molecule has 1 N–H and O–H groups in total. The summed E-state index contributed by atoms with van der Waals surface area (Å²) in [5.41, 5.74) is 0.624. The van der Waals surface area contributed by atoms with Crippen molar-refractivity contribution >= 4 is 21.6 Å². The Bertz CT molecular complexity index is 903. The van der Waals surface area contributed by atoms with Gasteiger partial charge in [-0.3, -0.25) is 9.10 Å². The molecule has 1 amide bonds. The summed E-state index contributed by atoms with van der Waals surface area (Å²) >= 11 is 0. The summed E-state index contributed by atoms with van der Waals surface area (Å²) in [6.07, 6.45) is 0.879. The molecule has 9 heteroatoms. The minimum atomic E-state index is -3.87. The van der Waals surface area contributed by atoms with Crippen LogP contribution in [0.25, 0.3) is 0 Å². The molecule has 2 aromatic rings. The lowest BCUT2D eigenvalue weighted by atomic mass is 10.2. The van der Waals surface area contributed by atoms with E-state index in [1.807, 2.05) is 0 Å². The van der Waals surface area contributed by atoms with Crippen molar-refractivity contribution in [3.8, 4) is 5.75 Å². The number of sulfonamides is 1. The first-order valence-corrected chi connectivity index (χ1v) is 9.38. The summed E-state index contributed by atoms with van der Waals surface area (Å²) < 4.78 is 56.1. The van der Waals surface area contributed by atoms with E-state index in [2.05, 4.69) is 5.32 Å². The molecule has 0 radical (unpaired) electrons. The van der Waals surface area contributed by atoms with Gasteiger partial charge in [0.25, 0.3) is 0 Å². The maximum atomic E-state index is 13.4. The molecule has 0 aliphatic carbocycles. The van der Waals surface area contributed by atoms with Gasteiger partial charge in [0.2, 0.25) is 15.9 Å². The summed E-state index contributed by atoms with van der Waals surface area (Å²) in [5.74, 6) is -2.28. The fourth-order valence-electron chi connectivity index (χ4n) is 2.21. The van der Waals surface area contributed by atoms with Gasteiger partial charge in [-0.15, -0.1) is 0 Å². The van der Waals surface area contributed by atoms with E-state index in [-0.39, 0.29) is 12.2 Å². The Labute approximate surface area is 150 Å². The number of nitrogens with zero attached hydrogens (tertiary/aromatic N) is 1. The highest BCUT2D eigenvalue weighted by molar-refractivity contribution is 7.92. The van der Waals surface area contributed by atoms with Gasteiger partial charge < -0.3 is 10.1 Å². The number of hydrogen-bond acceptors (Lipinski definition) is 4. The predicted molar refractivity (Wildman–Crippen MR) is 93.4 cm³/mol. The zero-order valence-corrected chi connectivity index (χ0v) is 15.0. The van der Waals surface area contributed by atoms with E-state index in [9.17, 15) is 22.0 Å². The van der Waals surface area contributed by atoms with Crippen LogP contribution in [-0.2, 0) is 21.4 Å². The summed E-state index contributed by atoms with van der Waals surface area (Å²) in [6, 6.07) is 9.62. The number of anilines is 1. The summed E-state index contributed by atoms with van der Waals surface area (Å²) in [4.78, 5) is 12.1. The predicted octanol–water partition coefficient (Wildman–Crippen LogP) is 2.06. The highest BCUT2D eigenvalue weighted by Crippen LogP contribution is 2.20. The van der Waals surface area contributed by atoms with Crippen LogP contribution < -0.4 is 14.4 Å². The molecule has 140 valence electrons. The van der Waals surface area contributed by atoms with Crippen molar-refractivity contribution in [3.05, 3.63) is 59.7 Å². The van der Waals surface area contributed by atoms with Gasteiger partial charge in [0.05, 0.1) is 19.1 Å². The van der Waals surface area contributed by atoms with Crippen LogP contribution in [0.3, 0.4) is 0 Å². The second-order valence-electron chi connectivity index (χ2n) is 5.50. The number of nitrogens with one attached hydrogen (secondary N) is 1. The molecule has 2 rings (SSSR count). The van der Waals surface area contributed by atoms with Crippen LogP contribution in [0.1, 0.15) is 5.56 Å². The topological polar surface area (TPSA) is 75.7 Å². The molecule has 0 spiro atoms. The van der Waals surface area contributed by atoms with E-state index in [4.69, 9.17) is 4.74 Å². The number of halogens is 2. The van der Waals surface area contributed by atoms with Crippen LogP contribution >= 0.6 is 0 Å². The molecule has 26 heavy (non-hydrogen) atoms. The summed E-state index contributed by atoms with van der Waals surface area (Å²) in [6.45, 7) is -0.403. The number of ether oxygens (including phenoxy) is 1. The molecule has 0 heterocycles. The van der Waals surface area contributed by atoms with Crippen molar-refractivity contribution in [3.63, 3.8) is 0 Å². The van der Waals surface area contributed by atoms with Crippen LogP contribution in [0.4, 0.5) is 14.5 Å². The number of hydrogen-bond donors (Lipinski definition) is 1. The lowest BCUT2D eigenvalue weighted by molar-refractivity contribution is -0.119. The van der Waals surface area contributed by atoms with Crippen molar-refractivity contribution in [1.29, 1.82) is 0 Å². The number of carbonyl (C=O) groups is 1. The van der Waals surface area contributed by atoms with Gasteiger partial charge >= 0.3 is 0 Å². The number of amides is 1. The van der Waals surface area contributed by atoms with E-state index in [1.54, 1.807) is 24.3 Å². The number of benzene rings is 2. The third-order valence-electron chi connectivity index (χ3n) is 3.50. The normalized spacial score (nSPS) is 11.1. The van der Waals surface area contributed by atoms with E-state index in [0.717, 1.165) is 30.0 Å². The molecule has 6 nitrogen and oxygen atoms in total. The second kappa shape index (κ2) is 8.13. The Morgan fingerprint density at radius 3 is 2.50 bits per heavy atom. The van der Waals surface area contributed by atoms with Gasteiger partial charge in [-0.05, 0) is 29.8 Å². The first-order valence-electron chi connectivity index (χ1n) is 7.53. The average Bonchev–Trinajstić information content (AvgIpc) is 2.59. The van der Waals surface area contributed by atoms with Crippen molar-refractivity contribution in [2.75, 3.05) is 24.2 Å². The van der Waals surface area contributed by atoms with Gasteiger partial charge in [0.1, 0.15) is 12.3 Å². The first-order chi connectivity index (χ1) is 12.2. The largest absolute Gasteiger partial charge is 0.497 e. The van der Waals surface area contributed by atoms with E-state index in [0.29, 0.717) is 10.1 Å². The third kappa shape index (κ3) is 5.16. The second-order valence-corrected chi connectivity index (χ2v) is 7.40. The standard InChI is InChI=1S/C17H18F2N2O4S/c1-25-14-5-3-4-12(8-14)10-20-17(22)11-21(26(2,23)24)13-6-7-15(18)16(19)9-13/h3-9H,10-11H2,1-2H3,(H,20,22). The maximum absolute atomic E-state index is 13.4. The Kier molecular flexibility index (Phi) is 6.14. The summed E-state index contributed by atoms with van der Waals surface area (Å²) in [5, 5.41) is 2.58. The molecule has 2 aromatic carbocycles. The molecule has 0 aromatic heterocycles. The molecular weight excluding hydrogens is 366 g/mol. The van der Waals surface area contributed by atoms with Gasteiger partial charge in [-0.25, -0.2) is 17.2 Å². The minimum absolute atomic E-state index is 0.136. The van der Waals surface area contributed by atoms with Gasteiger partial charge in [0.15, 0.2) is 11.6 Å². The molecule has 0 saturated heterocycles.